The molecule has 8 nitrogen and oxygen atoms in total. The summed E-state index contributed by atoms with van der Waals surface area (Å²) >= 11 is 1.08. The van der Waals surface area contributed by atoms with Crippen LogP contribution in [0.1, 0.15) is 6.92 Å². The molecule has 1 aromatic heterocycles. The van der Waals surface area contributed by atoms with Gasteiger partial charge in [0.05, 0.1) is 0 Å². The van der Waals surface area contributed by atoms with Crippen molar-refractivity contribution in [2.75, 3.05) is 50.9 Å². The summed E-state index contributed by atoms with van der Waals surface area (Å²) < 4.78 is 29.9. The van der Waals surface area contributed by atoms with E-state index in [2.05, 4.69) is 4.37 Å². The number of hydrogen-bond acceptors (Lipinski definition) is 7. The van der Waals surface area contributed by atoms with Crippen LogP contribution < -0.4 is 10.6 Å². The van der Waals surface area contributed by atoms with Crippen molar-refractivity contribution in [2.45, 2.75) is 11.8 Å². The highest BCUT2D eigenvalue weighted by atomic mass is 32.2. The summed E-state index contributed by atoms with van der Waals surface area (Å²) in [6.45, 7) is 3.79. The molecule has 0 radical (unpaired) electrons. The minimum atomic E-state index is -3.64. The first-order valence-electron chi connectivity index (χ1n) is 6.43. The van der Waals surface area contributed by atoms with Crippen molar-refractivity contribution in [3.63, 3.8) is 0 Å². The van der Waals surface area contributed by atoms with Crippen molar-refractivity contribution in [3.05, 3.63) is 0 Å². The van der Waals surface area contributed by atoms with Gasteiger partial charge in [0, 0.05) is 47.2 Å². The lowest BCUT2D eigenvalue weighted by Crippen LogP contribution is -2.48. The van der Waals surface area contributed by atoms with Crippen LogP contribution in [-0.2, 0) is 14.8 Å². The molecule has 0 bridgehead atoms. The Bertz CT molecular complexity index is 632. The number of amides is 1. The van der Waals surface area contributed by atoms with Crippen molar-refractivity contribution in [1.29, 1.82) is 0 Å². The van der Waals surface area contributed by atoms with Gasteiger partial charge < -0.3 is 15.5 Å². The zero-order valence-electron chi connectivity index (χ0n) is 12.2. The zero-order chi connectivity index (χ0) is 15.8. The molecule has 2 rings (SSSR count). The smallest absolute Gasteiger partial charge is 0.249 e. The molecule has 1 aromatic rings. The number of sulfonamides is 1. The molecule has 0 atom stereocenters. The van der Waals surface area contributed by atoms with Crippen molar-refractivity contribution in [2.24, 2.45) is 0 Å². The first kappa shape index (κ1) is 16.0. The molecule has 0 unspecified atom stereocenters. The second kappa shape index (κ2) is 5.78. The summed E-state index contributed by atoms with van der Waals surface area (Å²) in [7, 11) is -0.716. The average Bonchev–Trinajstić information content (AvgIpc) is 2.81. The molecule has 1 amide bonds. The normalized spacial score (nSPS) is 16.6. The van der Waals surface area contributed by atoms with Crippen LogP contribution in [0, 0.1) is 0 Å². The summed E-state index contributed by atoms with van der Waals surface area (Å²) in [5.74, 6) is 0.0531. The number of carbonyl (C=O) groups excluding carboxylic acids is 1. The molecule has 1 fully saturated rings. The summed E-state index contributed by atoms with van der Waals surface area (Å²) in [5.41, 5.74) is 5.75. The van der Waals surface area contributed by atoms with E-state index in [0.717, 1.165) is 15.8 Å². The van der Waals surface area contributed by atoms with Gasteiger partial charge in [-0.05, 0) is 11.5 Å². The molecule has 2 N–H and O–H groups in total. The van der Waals surface area contributed by atoms with Gasteiger partial charge >= 0.3 is 0 Å². The van der Waals surface area contributed by atoms with E-state index in [0.29, 0.717) is 31.2 Å². The minimum Gasteiger partial charge on any atom is -0.382 e. The van der Waals surface area contributed by atoms with Crippen LogP contribution in [0.4, 0.5) is 10.8 Å². The van der Waals surface area contributed by atoms with Gasteiger partial charge in [-0.1, -0.05) is 0 Å². The van der Waals surface area contributed by atoms with Gasteiger partial charge in [-0.25, -0.2) is 12.7 Å². The van der Waals surface area contributed by atoms with E-state index in [-0.39, 0.29) is 16.6 Å². The molecular weight excluding hydrogens is 314 g/mol. The average molecular weight is 333 g/mol. The largest absolute Gasteiger partial charge is 0.382 e. The van der Waals surface area contributed by atoms with Gasteiger partial charge in [-0.2, -0.15) is 4.37 Å². The van der Waals surface area contributed by atoms with E-state index in [9.17, 15) is 13.2 Å². The van der Waals surface area contributed by atoms with Crippen molar-refractivity contribution >= 4 is 38.3 Å². The summed E-state index contributed by atoms with van der Waals surface area (Å²) in [5, 5.41) is 0.546. The molecule has 10 heteroatoms. The summed E-state index contributed by atoms with van der Waals surface area (Å²) in [4.78, 5) is 15.1. The first-order valence-corrected chi connectivity index (χ1v) is 8.64. The quantitative estimate of drug-likeness (QED) is 0.811. The van der Waals surface area contributed by atoms with Crippen LogP contribution in [-0.4, -0.2) is 68.2 Å². The molecule has 0 saturated carbocycles. The van der Waals surface area contributed by atoms with Crippen molar-refractivity contribution in [1.82, 2.24) is 13.6 Å². The van der Waals surface area contributed by atoms with E-state index in [1.54, 1.807) is 4.90 Å². The second-order valence-corrected chi connectivity index (χ2v) is 7.82. The number of nitrogen functional groups attached to an aromatic ring is 1. The third kappa shape index (κ3) is 2.97. The number of rotatable bonds is 3. The summed E-state index contributed by atoms with van der Waals surface area (Å²) in [6.07, 6.45) is 0. The molecule has 0 aliphatic carbocycles. The molecule has 0 aromatic carbocycles. The highest BCUT2D eigenvalue weighted by Gasteiger charge is 2.31. The molecule has 118 valence electrons. The molecule has 21 heavy (non-hydrogen) atoms. The lowest BCUT2D eigenvalue weighted by Gasteiger charge is -2.35. The Kier molecular flexibility index (Phi) is 4.40. The molecular formula is C11H19N5O3S2. The van der Waals surface area contributed by atoms with Crippen molar-refractivity contribution in [3.8, 4) is 0 Å². The number of anilines is 2. The fourth-order valence-electron chi connectivity index (χ4n) is 2.14. The summed E-state index contributed by atoms with van der Waals surface area (Å²) in [6, 6.07) is 0. The highest BCUT2D eigenvalue weighted by molar-refractivity contribution is 7.89. The number of piperazine rings is 1. The monoisotopic (exact) mass is 333 g/mol. The van der Waals surface area contributed by atoms with Crippen LogP contribution in [0.15, 0.2) is 4.90 Å². The molecule has 1 aliphatic rings. The minimum absolute atomic E-state index is 0.0256. The van der Waals surface area contributed by atoms with Gasteiger partial charge in [0.2, 0.25) is 15.9 Å². The molecule has 2 heterocycles. The Morgan fingerprint density at radius 2 is 1.86 bits per heavy atom. The van der Waals surface area contributed by atoms with Gasteiger partial charge in [-0.15, -0.1) is 0 Å². The lowest BCUT2D eigenvalue weighted by molar-refractivity contribution is -0.129. The third-order valence-electron chi connectivity index (χ3n) is 3.41. The number of nitrogens with two attached hydrogens (primary N) is 1. The van der Waals surface area contributed by atoms with Crippen LogP contribution in [0.3, 0.4) is 0 Å². The molecule has 1 aliphatic heterocycles. The van der Waals surface area contributed by atoms with E-state index in [4.69, 9.17) is 5.73 Å². The number of aromatic nitrogens is 1. The van der Waals surface area contributed by atoms with E-state index < -0.39 is 10.0 Å². The topological polar surface area (TPSA) is 99.8 Å². The zero-order valence-corrected chi connectivity index (χ0v) is 13.9. The Balaban J connectivity index is 2.29. The van der Waals surface area contributed by atoms with Gasteiger partial charge in [0.25, 0.3) is 0 Å². The van der Waals surface area contributed by atoms with E-state index in [1.165, 1.54) is 21.0 Å². The van der Waals surface area contributed by atoms with E-state index in [1.807, 2.05) is 4.90 Å². The maximum Gasteiger partial charge on any atom is 0.249 e. The standard InChI is InChI=1S/C11H19N5O3S2/c1-8(17)15-4-6-16(7-5-15)11-9(10(12)13-20-11)21(18,19)14(2)3/h4-7H2,1-3H3,(H2,12,13). The maximum absolute atomic E-state index is 12.4. The third-order valence-corrected chi connectivity index (χ3v) is 6.34. The molecule has 0 spiro atoms. The van der Waals surface area contributed by atoms with Crippen molar-refractivity contribution < 1.29 is 13.2 Å². The van der Waals surface area contributed by atoms with Crippen LogP contribution in [0.2, 0.25) is 0 Å². The maximum atomic E-state index is 12.4. The van der Waals surface area contributed by atoms with Gasteiger partial charge in [-0.3, -0.25) is 4.79 Å². The molecule has 1 saturated heterocycles. The first-order chi connectivity index (χ1) is 9.75. The Labute approximate surface area is 128 Å². The highest BCUT2D eigenvalue weighted by Crippen LogP contribution is 2.36. The SMILES string of the molecule is CC(=O)N1CCN(c2snc(N)c2S(=O)(=O)N(C)C)CC1. The predicted molar refractivity (Wildman–Crippen MR) is 81.9 cm³/mol. The fraction of sp³-hybridized carbons (Fsp3) is 0.636. The lowest BCUT2D eigenvalue weighted by atomic mass is 10.3. The number of nitrogens with zero attached hydrogens (tertiary/aromatic N) is 4. The second-order valence-electron chi connectivity index (χ2n) is 4.98. The number of hydrogen-bond donors (Lipinski definition) is 1. The van der Waals surface area contributed by atoms with E-state index >= 15 is 0 Å². The Morgan fingerprint density at radius 1 is 1.29 bits per heavy atom. The van der Waals surface area contributed by atoms with Gasteiger partial charge in [0.1, 0.15) is 5.00 Å². The Hall–Kier alpha value is -1.39. The predicted octanol–water partition coefficient (Wildman–Crippen LogP) is -0.356. The van der Waals surface area contributed by atoms with Gasteiger partial charge in [0.15, 0.2) is 10.7 Å². The Morgan fingerprint density at radius 3 is 2.33 bits per heavy atom. The van der Waals surface area contributed by atoms with Crippen LogP contribution in [0.25, 0.3) is 0 Å². The van der Waals surface area contributed by atoms with Crippen LogP contribution in [0.5, 0.6) is 0 Å². The van der Waals surface area contributed by atoms with Crippen LogP contribution >= 0.6 is 11.5 Å². The number of carbonyl (C=O) groups is 1. The fourth-order valence-corrected chi connectivity index (χ4v) is 4.41.